The van der Waals surface area contributed by atoms with E-state index in [-0.39, 0.29) is 5.91 Å². The molecule has 2 aromatic rings. The number of thiophene rings is 1. The lowest BCUT2D eigenvalue weighted by Gasteiger charge is -2.16. The first-order valence-corrected chi connectivity index (χ1v) is 7.16. The molecule has 18 heavy (non-hydrogen) atoms. The Morgan fingerprint density at radius 3 is 2.89 bits per heavy atom. The molecule has 1 amide bonds. The molecule has 0 aromatic carbocycles. The number of hydrogen-bond acceptors (Lipinski definition) is 3. The smallest absolute Gasteiger partial charge is 0.254 e. The van der Waals surface area contributed by atoms with Gasteiger partial charge in [0.25, 0.3) is 5.91 Å². The van der Waals surface area contributed by atoms with E-state index < -0.39 is 0 Å². The van der Waals surface area contributed by atoms with Gasteiger partial charge in [0.1, 0.15) is 5.15 Å². The second-order valence-electron chi connectivity index (χ2n) is 3.73. The molecule has 0 radical (unpaired) electrons. The van der Waals surface area contributed by atoms with Gasteiger partial charge in [-0.3, -0.25) is 4.79 Å². The van der Waals surface area contributed by atoms with Crippen LogP contribution in [0.15, 0.2) is 34.2 Å². The van der Waals surface area contributed by atoms with Crippen LogP contribution in [0.5, 0.6) is 0 Å². The van der Waals surface area contributed by atoms with Gasteiger partial charge in [0.2, 0.25) is 0 Å². The van der Waals surface area contributed by atoms with Gasteiger partial charge >= 0.3 is 0 Å². The number of nitrogens with zero attached hydrogens (tertiary/aromatic N) is 2. The van der Waals surface area contributed by atoms with Crippen molar-refractivity contribution in [1.82, 2.24) is 9.88 Å². The lowest BCUT2D eigenvalue weighted by molar-refractivity contribution is 0.0786. The molecule has 0 spiro atoms. The normalized spacial score (nSPS) is 10.4. The highest BCUT2D eigenvalue weighted by molar-refractivity contribution is 9.11. The average molecular weight is 346 g/mol. The summed E-state index contributed by atoms with van der Waals surface area (Å²) in [5.41, 5.74) is 0.549. The summed E-state index contributed by atoms with van der Waals surface area (Å²) in [4.78, 5) is 18.8. The predicted octanol–water partition coefficient (Wildman–Crippen LogP) is 3.83. The van der Waals surface area contributed by atoms with Gasteiger partial charge in [-0.2, -0.15) is 0 Å². The molecule has 0 fully saturated rings. The largest absolute Gasteiger partial charge is 0.337 e. The van der Waals surface area contributed by atoms with E-state index in [1.165, 1.54) is 6.20 Å². The minimum atomic E-state index is -0.0659. The fraction of sp³-hybridized carbons (Fsp3) is 0.167. The Balaban J connectivity index is 2.09. The van der Waals surface area contributed by atoms with Gasteiger partial charge in [0.15, 0.2) is 0 Å². The van der Waals surface area contributed by atoms with Crippen molar-refractivity contribution < 1.29 is 4.79 Å². The van der Waals surface area contributed by atoms with Crippen molar-refractivity contribution in [3.63, 3.8) is 0 Å². The minimum Gasteiger partial charge on any atom is -0.337 e. The summed E-state index contributed by atoms with van der Waals surface area (Å²) in [5, 5.41) is 0.327. The van der Waals surface area contributed by atoms with Gasteiger partial charge in [-0.15, -0.1) is 11.3 Å². The number of pyridine rings is 1. The zero-order valence-electron chi connectivity index (χ0n) is 9.56. The maximum absolute atomic E-state index is 12.1. The van der Waals surface area contributed by atoms with Crippen LogP contribution in [0.2, 0.25) is 5.15 Å². The van der Waals surface area contributed by atoms with Gasteiger partial charge in [0, 0.05) is 23.7 Å². The summed E-state index contributed by atoms with van der Waals surface area (Å²) >= 11 is 10.8. The lowest BCUT2D eigenvalue weighted by atomic mass is 10.2. The van der Waals surface area contributed by atoms with Gasteiger partial charge in [-0.05, 0) is 40.2 Å². The van der Waals surface area contributed by atoms with E-state index in [1.807, 2.05) is 12.1 Å². The van der Waals surface area contributed by atoms with Crippen LogP contribution in [0, 0.1) is 0 Å². The SMILES string of the molecule is CN(Cc1ccc(Br)s1)C(=O)c1ccnc(Cl)c1. The summed E-state index contributed by atoms with van der Waals surface area (Å²) in [5.74, 6) is -0.0659. The molecule has 0 unspecified atom stereocenters. The first-order valence-electron chi connectivity index (χ1n) is 5.17. The van der Waals surface area contributed by atoms with Gasteiger partial charge < -0.3 is 4.90 Å². The van der Waals surface area contributed by atoms with Crippen LogP contribution in [0.25, 0.3) is 0 Å². The van der Waals surface area contributed by atoms with Crippen LogP contribution >= 0.6 is 38.9 Å². The number of aromatic nitrogens is 1. The van der Waals surface area contributed by atoms with E-state index in [2.05, 4.69) is 20.9 Å². The zero-order valence-corrected chi connectivity index (χ0v) is 12.7. The van der Waals surface area contributed by atoms with Gasteiger partial charge in [-0.1, -0.05) is 11.6 Å². The van der Waals surface area contributed by atoms with Crippen molar-refractivity contribution in [3.05, 3.63) is 49.8 Å². The Bertz CT molecular complexity index is 573. The third-order valence-electron chi connectivity index (χ3n) is 2.34. The average Bonchev–Trinajstić information content (AvgIpc) is 2.73. The highest BCUT2D eigenvalue weighted by Gasteiger charge is 2.13. The molecule has 2 heterocycles. The first kappa shape index (κ1) is 13.5. The van der Waals surface area contributed by atoms with Crippen LogP contribution < -0.4 is 0 Å². The van der Waals surface area contributed by atoms with Crippen molar-refractivity contribution >= 4 is 44.8 Å². The molecule has 2 rings (SSSR count). The van der Waals surface area contributed by atoms with E-state index in [9.17, 15) is 4.79 Å². The molecule has 0 aliphatic rings. The van der Waals surface area contributed by atoms with E-state index in [4.69, 9.17) is 11.6 Å². The summed E-state index contributed by atoms with van der Waals surface area (Å²) in [6, 6.07) is 7.21. The third kappa shape index (κ3) is 3.31. The molecule has 6 heteroatoms. The standard InChI is InChI=1S/C12H10BrClN2OS/c1-16(7-9-2-3-10(13)18-9)12(17)8-4-5-15-11(14)6-8/h2-6H,7H2,1H3. The highest BCUT2D eigenvalue weighted by atomic mass is 79.9. The van der Waals surface area contributed by atoms with E-state index >= 15 is 0 Å². The van der Waals surface area contributed by atoms with Crippen LogP contribution in [0.1, 0.15) is 15.2 Å². The second kappa shape index (κ2) is 5.82. The number of carbonyl (C=O) groups is 1. The summed E-state index contributed by atoms with van der Waals surface area (Å²) in [6.45, 7) is 0.578. The lowest BCUT2D eigenvalue weighted by Crippen LogP contribution is -2.25. The second-order valence-corrected chi connectivity index (χ2v) is 6.67. The summed E-state index contributed by atoms with van der Waals surface area (Å²) < 4.78 is 1.06. The van der Waals surface area contributed by atoms with Crippen molar-refractivity contribution in [3.8, 4) is 0 Å². The molecule has 94 valence electrons. The van der Waals surface area contributed by atoms with Crippen molar-refractivity contribution in [1.29, 1.82) is 0 Å². The predicted molar refractivity (Wildman–Crippen MR) is 77.1 cm³/mol. The Morgan fingerprint density at radius 1 is 1.50 bits per heavy atom. The topological polar surface area (TPSA) is 33.2 Å². The fourth-order valence-corrected chi connectivity index (χ4v) is 3.21. The summed E-state index contributed by atoms with van der Waals surface area (Å²) in [7, 11) is 1.77. The Labute approximate surface area is 123 Å². The molecular weight excluding hydrogens is 336 g/mol. The number of amides is 1. The number of carbonyl (C=O) groups excluding carboxylic acids is 1. The molecule has 0 aliphatic carbocycles. The molecule has 0 bridgehead atoms. The molecule has 2 aromatic heterocycles. The number of halogens is 2. The van der Waals surface area contributed by atoms with Crippen molar-refractivity contribution in [2.45, 2.75) is 6.54 Å². The Hall–Kier alpha value is -0.910. The summed E-state index contributed by atoms with van der Waals surface area (Å²) in [6.07, 6.45) is 1.53. The zero-order chi connectivity index (χ0) is 13.1. The molecule has 0 N–H and O–H groups in total. The fourth-order valence-electron chi connectivity index (χ4n) is 1.50. The quantitative estimate of drug-likeness (QED) is 0.792. The minimum absolute atomic E-state index is 0.0659. The molecule has 0 saturated heterocycles. The van der Waals surface area contributed by atoms with Crippen LogP contribution in [-0.2, 0) is 6.54 Å². The Kier molecular flexibility index (Phi) is 4.37. The van der Waals surface area contributed by atoms with E-state index in [0.29, 0.717) is 17.3 Å². The number of rotatable bonds is 3. The maximum Gasteiger partial charge on any atom is 0.254 e. The van der Waals surface area contributed by atoms with Gasteiger partial charge in [0.05, 0.1) is 10.3 Å². The van der Waals surface area contributed by atoms with Crippen molar-refractivity contribution in [2.75, 3.05) is 7.05 Å². The van der Waals surface area contributed by atoms with E-state index in [0.717, 1.165) is 8.66 Å². The Morgan fingerprint density at radius 2 is 2.28 bits per heavy atom. The van der Waals surface area contributed by atoms with Crippen molar-refractivity contribution in [2.24, 2.45) is 0 Å². The van der Waals surface area contributed by atoms with Crippen LogP contribution in [-0.4, -0.2) is 22.8 Å². The third-order valence-corrected chi connectivity index (χ3v) is 4.16. The molecule has 0 atom stereocenters. The maximum atomic E-state index is 12.1. The molecular formula is C12H10BrClN2OS. The van der Waals surface area contributed by atoms with Gasteiger partial charge in [-0.25, -0.2) is 4.98 Å². The number of hydrogen-bond donors (Lipinski definition) is 0. The van der Waals surface area contributed by atoms with E-state index in [1.54, 1.807) is 35.4 Å². The molecule has 0 aliphatic heterocycles. The first-order chi connectivity index (χ1) is 8.56. The highest BCUT2D eigenvalue weighted by Crippen LogP contribution is 2.23. The molecule has 0 saturated carbocycles. The monoisotopic (exact) mass is 344 g/mol. The molecule has 3 nitrogen and oxygen atoms in total. The van der Waals surface area contributed by atoms with Crippen LogP contribution in [0.3, 0.4) is 0 Å². The van der Waals surface area contributed by atoms with Crippen LogP contribution in [0.4, 0.5) is 0 Å².